The Morgan fingerprint density at radius 2 is 1.85 bits per heavy atom. The summed E-state index contributed by atoms with van der Waals surface area (Å²) in [6.45, 7) is 8.75. The summed E-state index contributed by atoms with van der Waals surface area (Å²) in [7, 11) is 0. The topological polar surface area (TPSA) is 12.0 Å². The van der Waals surface area contributed by atoms with E-state index in [0.29, 0.717) is 0 Å². The molecule has 0 radical (unpaired) electrons. The second-order valence-electron chi connectivity index (χ2n) is 5.12. The molecule has 0 aliphatic rings. The Balaban J connectivity index is 2.81. The van der Waals surface area contributed by atoms with E-state index in [1.54, 1.807) is 12.1 Å². The van der Waals surface area contributed by atoms with Crippen molar-refractivity contribution < 1.29 is 13.2 Å². The van der Waals surface area contributed by atoms with Gasteiger partial charge in [0.2, 0.25) is 0 Å². The van der Waals surface area contributed by atoms with Gasteiger partial charge in [-0.3, -0.25) is 0 Å². The molecule has 1 aromatic rings. The van der Waals surface area contributed by atoms with Gasteiger partial charge < -0.3 is 5.32 Å². The molecule has 0 aliphatic heterocycles. The van der Waals surface area contributed by atoms with Crippen LogP contribution in [0.1, 0.15) is 50.3 Å². The van der Waals surface area contributed by atoms with E-state index in [1.807, 2.05) is 6.92 Å². The van der Waals surface area contributed by atoms with Gasteiger partial charge in [0.1, 0.15) is 0 Å². The van der Waals surface area contributed by atoms with Gasteiger partial charge in [-0.25, -0.2) is 0 Å². The molecule has 1 unspecified atom stereocenters. The fourth-order valence-corrected chi connectivity index (χ4v) is 2.00. The second kappa shape index (κ2) is 7.48. The highest BCUT2D eigenvalue weighted by molar-refractivity contribution is 5.27. The fourth-order valence-electron chi connectivity index (χ4n) is 2.00. The van der Waals surface area contributed by atoms with E-state index in [9.17, 15) is 13.2 Å². The van der Waals surface area contributed by atoms with Gasteiger partial charge in [-0.2, -0.15) is 13.2 Å². The van der Waals surface area contributed by atoms with Crippen LogP contribution in [0.4, 0.5) is 13.2 Å². The summed E-state index contributed by atoms with van der Waals surface area (Å²) in [5.41, 5.74) is 1.38. The minimum absolute atomic E-state index is 0.0777. The van der Waals surface area contributed by atoms with Crippen molar-refractivity contribution in [1.82, 2.24) is 5.32 Å². The number of benzene rings is 1. The standard InChI is InChI=1S/C16H22F3N/c1-4-11-20-15(10-5-12(2)3)13-6-8-14(9-7-13)16(17,18)19/h6-9,15,20H,2,4-5,10-11H2,1,3H3. The highest BCUT2D eigenvalue weighted by Gasteiger charge is 2.30. The molecule has 0 fully saturated rings. The Kier molecular flexibility index (Phi) is 6.27. The minimum atomic E-state index is -4.28. The molecule has 1 N–H and O–H groups in total. The molecule has 0 heterocycles. The largest absolute Gasteiger partial charge is 0.416 e. The second-order valence-corrected chi connectivity index (χ2v) is 5.12. The van der Waals surface area contributed by atoms with Crippen molar-refractivity contribution in [2.45, 2.75) is 45.3 Å². The average molecular weight is 285 g/mol. The van der Waals surface area contributed by atoms with Crippen LogP contribution >= 0.6 is 0 Å². The van der Waals surface area contributed by atoms with E-state index in [2.05, 4.69) is 18.8 Å². The molecule has 1 rings (SSSR count). The number of alkyl halides is 3. The Morgan fingerprint density at radius 3 is 2.30 bits per heavy atom. The predicted octanol–water partition coefficient (Wildman–Crippen LogP) is 5.10. The highest BCUT2D eigenvalue weighted by Crippen LogP contribution is 2.30. The summed E-state index contributed by atoms with van der Waals surface area (Å²) >= 11 is 0. The number of rotatable bonds is 7. The Morgan fingerprint density at radius 1 is 1.25 bits per heavy atom. The zero-order valence-corrected chi connectivity index (χ0v) is 12.1. The number of halogens is 3. The van der Waals surface area contributed by atoms with Gasteiger partial charge in [0, 0.05) is 6.04 Å². The van der Waals surface area contributed by atoms with Crippen LogP contribution in [0.2, 0.25) is 0 Å². The lowest BCUT2D eigenvalue weighted by atomic mass is 9.98. The first kappa shape index (κ1) is 16.8. The van der Waals surface area contributed by atoms with Crippen LogP contribution in [0.5, 0.6) is 0 Å². The number of hydrogen-bond donors (Lipinski definition) is 1. The molecule has 0 amide bonds. The minimum Gasteiger partial charge on any atom is -0.310 e. The fraction of sp³-hybridized carbons (Fsp3) is 0.500. The molecule has 0 saturated carbocycles. The first-order chi connectivity index (χ1) is 9.34. The van der Waals surface area contributed by atoms with Gasteiger partial charge in [0.25, 0.3) is 0 Å². The van der Waals surface area contributed by atoms with Gasteiger partial charge in [-0.15, -0.1) is 6.58 Å². The van der Waals surface area contributed by atoms with Gasteiger partial charge in [0.05, 0.1) is 5.56 Å². The van der Waals surface area contributed by atoms with Crippen LogP contribution in [0.25, 0.3) is 0 Å². The van der Waals surface area contributed by atoms with Crippen LogP contribution < -0.4 is 5.32 Å². The summed E-state index contributed by atoms with van der Waals surface area (Å²) in [4.78, 5) is 0. The van der Waals surface area contributed by atoms with Crippen LogP contribution in [0.3, 0.4) is 0 Å². The summed E-state index contributed by atoms with van der Waals surface area (Å²) in [5.74, 6) is 0. The molecule has 0 bridgehead atoms. The molecular weight excluding hydrogens is 263 g/mol. The quantitative estimate of drug-likeness (QED) is 0.687. The van der Waals surface area contributed by atoms with Crippen molar-refractivity contribution in [3.8, 4) is 0 Å². The maximum absolute atomic E-state index is 12.6. The highest BCUT2D eigenvalue weighted by atomic mass is 19.4. The molecule has 0 aromatic heterocycles. The third kappa shape index (κ3) is 5.37. The van der Waals surface area contributed by atoms with E-state index >= 15 is 0 Å². The Labute approximate surface area is 118 Å². The first-order valence-corrected chi connectivity index (χ1v) is 6.89. The van der Waals surface area contributed by atoms with Crippen molar-refractivity contribution in [2.24, 2.45) is 0 Å². The molecule has 1 nitrogen and oxygen atoms in total. The van der Waals surface area contributed by atoms with Crippen molar-refractivity contribution >= 4 is 0 Å². The molecule has 1 aromatic carbocycles. The van der Waals surface area contributed by atoms with Crippen molar-refractivity contribution in [3.63, 3.8) is 0 Å². The maximum atomic E-state index is 12.6. The number of nitrogens with one attached hydrogen (secondary N) is 1. The normalized spacial score (nSPS) is 13.2. The summed E-state index contributed by atoms with van der Waals surface area (Å²) in [6.07, 6.45) is -1.57. The molecule has 1 atom stereocenters. The van der Waals surface area contributed by atoms with Crippen molar-refractivity contribution in [1.29, 1.82) is 0 Å². The van der Waals surface area contributed by atoms with Crippen LogP contribution in [-0.4, -0.2) is 6.54 Å². The summed E-state index contributed by atoms with van der Waals surface area (Å²) in [6, 6.07) is 5.50. The molecular formula is C16H22F3N. The third-order valence-corrected chi connectivity index (χ3v) is 3.14. The lowest BCUT2D eigenvalue weighted by Crippen LogP contribution is -2.22. The van der Waals surface area contributed by atoms with Crippen molar-refractivity contribution in [3.05, 3.63) is 47.5 Å². The summed E-state index contributed by atoms with van der Waals surface area (Å²) < 4.78 is 37.7. The molecule has 112 valence electrons. The lowest BCUT2D eigenvalue weighted by molar-refractivity contribution is -0.137. The maximum Gasteiger partial charge on any atom is 0.416 e. The van der Waals surface area contributed by atoms with Crippen LogP contribution in [0.15, 0.2) is 36.4 Å². The Bertz CT molecular complexity index is 420. The molecule has 0 saturated heterocycles. The van der Waals surface area contributed by atoms with Gasteiger partial charge in [-0.05, 0) is 50.4 Å². The number of hydrogen-bond acceptors (Lipinski definition) is 1. The first-order valence-electron chi connectivity index (χ1n) is 6.89. The molecule has 4 heteroatoms. The third-order valence-electron chi connectivity index (χ3n) is 3.14. The summed E-state index contributed by atoms with van der Waals surface area (Å²) in [5, 5.41) is 3.38. The zero-order chi connectivity index (χ0) is 15.2. The lowest BCUT2D eigenvalue weighted by Gasteiger charge is -2.19. The van der Waals surface area contributed by atoms with Gasteiger partial charge in [-0.1, -0.05) is 24.6 Å². The Hall–Kier alpha value is -1.29. The van der Waals surface area contributed by atoms with E-state index < -0.39 is 11.7 Å². The molecule has 20 heavy (non-hydrogen) atoms. The molecule has 0 spiro atoms. The van der Waals surface area contributed by atoms with Crippen LogP contribution in [-0.2, 0) is 6.18 Å². The number of allylic oxidation sites excluding steroid dienone is 1. The predicted molar refractivity (Wildman–Crippen MR) is 76.5 cm³/mol. The SMILES string of the molecule is C=C(C)CCC(NCCC)c1ccc(C(F)(F)F)cc1. The monoisotopic (exact) mass is 285 g/mol. The van der Waals surface area contributed by atoms with E-state index in [0.717, 1.165) is 49.1 Å². The smallest absolute Gasteiger partial charge is 0.310 e. The van der Waals surface area contributed by atoms with E-state index in [-0.39, 0.29) is 6.04 Å². The average Bonchev–Trinajstić information content (AvgIpc) is 2.38. The van der Waals surface area contributed by atoms with Gasteiger partial charge >= 0.3 is 6.18 Å². The van der Waals surface area contributed by atoms with Crippen LogP contribution in [0, 0.1) is 0 Å². The van der Waals surface area contributed by atoms with Gasteiger partial charge in [0.15, 0.2) is 0 Å². The van der Waals surface area contributed by atoms with E-state index in [1.165, 1.54) is 0 Å². The van der Waals surface area contributed by atoms with E-state index in [4.69, 9.17) is 0 Å². The zero-order valence-electron chi connectivity index (χ0n) is 12.1. The molecule has 0 aliphatic carbocycles. The van der Waals surface area contributed by atoms with Crippen molar-refractivity contribution in [2.75, 3.05) is 6.54 Å².